The number of pyridine rings is 1. The molecule has 132 valence electrons. The topological polar surface area (TPSA) is 51.0 Å². The summed E-state index contributed by atoms with van der Waals surface area (Å²) in [7, 11) is 0. The Morgan fingerprint density at radius 1 is 1.04 bits per heavy atom. The van der Waals surface area contributed by atoms with Crippen LogP contribution in [-0.2, 0) is 0 Å². The van der Waals surface area contributed by atoms with Crippen molar-refractivity contribution in [3.63, 3.8) is 0 Å². The van der Waals surface area contributed by atoms with Crippen LogP contribution in [0.2, 0.25) is 0 Å². The van der Waals surface area contributed by atoms with E-state index in [1.54, 1.807) is 18.7 Å². The van der Waals surface area contributed by atoms with Crippen molar-refractivity contribution in [1.82, 2.24) is 19.4 Å². The normalized spacial score (nSPS) is 17.7. The van der Waals surface area contributed by atoms with Crippen molar-refractivity contribution < 1.29 is 4.79 Å². The van der Waals surface area contributed by atoms with Crippen molar-refractivity contribution in [3.05, 3.63) is 78.5 Å². The van der Waals surface area contributed by atoms with Crippen molar-refractivity contribution in [2.24, 2.45) is 0 Å². The maximum atomic E-state index is 12.9. The summed E-state index contributed by atoms with van der Waals surface area (Å²) in [5.74, 6) is 1.37. The molecule has 0 radical (unpaired) electrons. The number of hydrogen-bond acceptors (Lipinski definition) is 3. The Kier molecular flexibility index (Phi) is 4.78. The van der Waals surface area contributed by atoms with E-state index in [0.717, 1.165) is 38.2 Å². The monoisotopic (exact) mass is 346 g/mol. The molecular weight excluding hydrogens is 324 g/mol. The second-order valence-electron chi connectivity index (χ2n) is 6.71. The Balaban J connectivity index is 1.43. The zero-order chi connectivity index (χ0) is 17.8. The van der Waals surface area contributed by atoms with Gasteiger partial charge < -0.3 is 4.90 Å². The lowest BCUT2D eigenvalue weighted by molar-refractivity contribution is 0.0760. The van der Waals surface area contributed by atoms with Crippen LogP contribution in [0.3, 0.4) is 0 Å². The van der Waals surface area contributed by atoms with E-state index in [-0.39, 0.29) is 5.91 Å². The number of benzene rings is 1. The highest BCUT2D eigenvalue weighted by Gasteiger charge is 2.22. The van der Waals surface area contributed by atoms with Crippen molar-refractivity contribution in [2.45, 2.75) is 25.2 Å². The van der Waals surface area contributed by atoms with Gasteiger partial charge in [0.25, 0.3) is 5.91 Å². The molecule has 5 heteroatoms. The molecule has 1 atom stereocenters. The van der Waals surface area contributed by atoms with Crippen LogP contribution in [0.1, 0.15) is 41.1 Å². The molecule has 0 N–H and O–H groups in total. The average molecular weight is 346 g/mol. The summed E-state index contributed by atoms with van der Waals surface area (Å²) >= 11 is 0. The molecule has 0 aliphatic carbocycles. The Morgan fingerprint density at radius 2 is 1.92 bits per heavy atom. The maximum Gasteiger partial charge on any atom is 0.255 e. The van der Waals surface area contributed by atoms with E-state index in [2.05, 4.69) is 40.3 Å². The van der Waals surface area contributed by atoms with E-state index in [4.69, 9.17) is 0 Å². The van der Waals surface area contributed by atoms with Gasteiger partial charge in [-0.3, -0.25) is 9.36 Å². The van der Waals surface area contributed by atoms with Crippen molar-refractivity contribution >= 4 is 5.91 Å². The van der Waals surface area contributed by atoms with Gasteiger partial charge in [0.05, 0.1) is 5.56 Å². The van der Waals surface area contributed by atoms with E-state index >= 15 is 0 Å². The lowest BCUT2D eigenvalue weighted by Crippen LogP contribution is -2.32. The first-order valence-electron chi connectivity index (χ1n) is 9.10. The van der Waals surface area contributed by atoms with Crippen LogP contribution in [0.4, 0.5) is 0 Å². The van der Waals surface area contributed by atoms with Crippen molar-refractivity contribution in [1.29, 1.82) is 0 Å². The largest absolute Gasteiger partial charge is 0.339 e. The summed E-state index contributed by atoms with van der Waals surface area (Å²) in [4.78, 5) is 23.2. The minimum atomic E-state index is 0.0726. The molecule has 1 saturated heterocycles. The fourth-order valence-electron chi connectivity index (χ4n) is 3.60. The van der Waals surface area contributed by atoms with Gasteiger partial charge in [-0.25, -0.2) is 9.97 Å². The second kappa shape index (κ2) is 7.52. The van der Waals surface area contributed by atoms with Crippen LogP contribution in [0.25, 0.3) is 5.82 Å². The summed E-state index contributed by atoms with van der Waals surface area (Å²) in [6, 6.07) is 14.3. The molecule has 1 aromatic carbocycles. The summed E-state index contributed by atoms with van der Waals surface area (Å²) in [6.45, 7) is 1.60. The van der Waals surface area contributed by atoms with Crippen molar-refractivity contribution in [2.75, 3.05) is 13.1 Å². The quantitative estimate of drug-likeness (QED) is 0.727. The van der Waals surface area contributed by atoms with Gasteiger partial charge in [-0.2, -0.15) is 0 Å². The number of imidazole rings is 1. The lowest BCUT2D eigenvalue weighted by Gasteiger charge is -2.21. The Morgan fingerprint density at radius 3 is 2.65 bits per heavy atom. The zero-order valence-corrected chi connectivity index (χ0v) is 14.7. The molecule has 1 amide bonds. The number of aromatic nitrogens is 3. The summed E-state index contributed by atoms with van der Waals surface area (Å²) < 4.78 is 1.82. The van der Waals surface area contributed by atoms with Crippen LogP contribution in [0.15, 0.2) is 67.4 Å². The average Bonchev–Trinajstić information content (AvgIpc) is 3.13. The molecule has 26 heavy (non-hydrogen) atoms. The van der Waals surface area contributed by atoms with Gasteiger partial charge in [-0.1, -0.05) is 30.3 Å². The molecular formula is C21H22N4O. The van der Waals surface area contributed by atoms with Gasteiger partial charge in [0.2, 0.25) is 0 Å². The van der Waals surface area contributed by atoms with E-state index in [1.165, 1.54) is 5.56 Å². The minimum absolute atomic E-state index is 0.0726. The molecule has 1 unspecified atom stereocenters. The van der Waals surface area contributed by atoms with Crippen LogP contribution < -0.4 is 0 Å². The first-order valence-corrected chi connectivity index (χ1v) is 9.10. The molecule has 4 rings (SSSR count). The lowest BCUT2D eigenvalue weighted by atomic mass is 9.92. The van der Waals surface area contributed by atoms with E-state index < -0.39 is 0 Å². The SMILES string of the molecule is O=C(c1ccc(-n2ccnc2)nc1)N1CCCC(c2ccccc2)CC1. The highest BCUT2D eigenvalue weighted by molar-refractivity contribution is 5.94. The predicted octanol–water partition coefficient (Wildman–Crippen LogP) is 3.68. The molecule has 2 aromatic heterocycles. The molecule has 0 saturated carbocycles. The van der Waals surface area contributed by atoms with E-state index in [9.17, 15) is 4.79 Å². The number of nitrogens with zero attached hydrogens (tertiary/aromatic N) is 4. The third kappa shape index (κ3) is 3.52. The predicted molar refractivity (Wildman–Crippen MR) is 100 cm³/mol. The van der Waals surface area contributed by atoms with Gasteiger partial charge in [0, 0.05) is 31.7 Å². The number of amides is 1. The van der Waals surface area contributed by atoms with E-state index in [0.29, 0.717) is 11.5 Å². The zero-order valence-electron chi connectivity index (χ0n) is 14.7. The van der Waals surface area contributed by atoms with Gasteiger partial charge in [-0.15, -0.1) is 0 Å². The summed E-state index contributed by atoms with van der Waals surface area (Å²) in [5.41, 5.74) is 2.03. The first-order chi connectivity index (χ1) is 12.8. The van der Waals surface area contributed by atoms with Crippen LogP contribution in [0.5, 0.6) is 0 Å². The van der Waals surface area contributed by atoms with Gasteiger partial charge >= 0.3 is 0 Å². The smallest absolute Gasteiger partial charge is 0.255 e. The Hall–Kier alpha value is -2.95. The van der Waals surface area contributed by atoms with Crippen LogP contribution in [0, 0.1) is 0 Å². The van der Waals surface area contributed by atoms with Gasteiger partial charge in [0.15, 0.2) is 0 Å². The summed E-state index contributed by atoms with van der Waals surface area (Å²) in [6.07, 6.45) is 10.1. The molecule has 0 bridgehead atoms. The molecule has 3 aromatic rings. The second-order valence-corrected chi connectivity index (χ2v) is 6.71. The Labute approximate surface area is 153 Å². The minimum Gasteiger partial charge on any atom is -0.339 e. The molecule has 1 fully saturated rings. The molecule has 1 aliphatic heterocycles. The number of carbonyl (C=O) groups is 1. The third-order valence-electron chi connectivity index (χ3n) is 5.05. The number of hydrogen-bond donors (Lipinski definition) is 0. The van der Waals surface area contributed by atoms with Gasteiger partial charge in [-0.05, 0) is 42.9 Å². The Bertz CT molecular complexity index is 843. The molecule has 3 heterocycles. The van der Waals surface area contributed by atoms with Crippen LogP contribution >= 0.6 is 0 Å². The number of carbonyl (C=O) groups excluding carboxylic acids is 1. The van der Waals surface area contributed by atoms with Crippen molar-refractivity contribution in [3.8, 4) is 5.82 Å². The first kappa shape index (κ1) is 16.5. The third-order valence-corrected chi connectivity index (χ3v) is 5.05. The molecule has 0 spiro atoms. The number of likely N-dealkylation sites (tertiary alicyclic amines) is 1. The van der Waals surface area contributed by atoms with Gasteiger partial charge in [0.1, 0.15) is 12.1 Å². The summed E-state index contributed by atoms with van der Waals surface area (Å²) in [5, 5.41) is 0. The number of rotatable bonds is 3. The molecule has 5 nitrogen and oxygen atoms in total. The van der Waals surface area contributed by atoms with E-state index in [1.807, 2.05) is 27.8 Å². The fourth-order valence-corrected chi connectivity index (χ4v) is 3.60. The standard InChI is InChI=1S/C21H22N4O/c26-21(19-8-9-20(23-15-19)25-14-11-22-16-25)24-12-4-7-18(10-13-24)17-5-2-1-3-6-17/h1-3,5-6,8-9,11,14-16,18H,4,7,10,12-13H2. The fraction of sp³-hybridized carbons (Fsp3) is 0.286. The maximum absolute atomic E-state index is 12.9. The van der Waals surface area contributed by atoms with Crippen LogP contribution in [-0.4, -0.2) is 38.4 Å². The highest BCUT2D eigenvalue weighted by Crippen LogP contribution is 2.28. The molecule has 1 aliphatic rings. The highest BCUT2D eigenvalue weighted by atomic mass is 16.2.